The quantitative estimate of drug-likeness (QED) is 0.836. The molecule has 1 saturated carbocycles. The second-order valence-corrected chi connectivity index (χ2v) is 7.61. The first-order chi connectivity index (χ1) is 9.85. The van der Waals surface area contributed by atoms with Crippen LogP contribution in [-0.2, 0) is 10.0 Å². The minimum Gasteiger partial charge on any atom is -0.495 e. The second-order valence-electron chi connectivity index (χ2n) is 5.90. The summed E-state index contributed by atoms with van der Waals surface area (Å²) in [6.45, 7) is 4.29. The van der Waals surface area contributed by atoms with E-state index in [1.807, 2.05) is 0 Å². The lowest BCUT2D eigenvalue weighted by Crippen LogP contribution is -2.43. The summed E-state index contributed by atoms with van der Waals surface area (Å²) >= 11 is 0. The molecule has 6 heteroatoms. The van der Waals surface area contributed by atoms with Crippen molar-refractivity contribution in [1.82, 2.24) is 4.72 Å². The van der Waals surface area contributed by atoms with Gasteiger partial charge in [-0.3, -0.25) is 0 Å². The van der Waals surface area contributed by atoms with Crippen LogP contribution in [0.1, 0.15) is 33.1 Å². The van der Waals surface area contributed by atoms with Gasteiger partial charge < -0.3 is 10.5 Å². The Kier molecular flexibility index (Phi) is 4.78. The van der Waals surface area contributed by atoms with Gasteiger partial charge >= 0.3 is 0 Å². The molecule has 1 aliphatic rings. The summed E-state index contributed by atoms with van der Waals surface area (Å²) in [7, 11) is -2.08. The van der Waals surface area contributed by atoms with Crippen LogP contribution in [0, 0.1) is 11.8 Å². The molecule has 5 nitrogen and oxygen atoms in total. The van der Waals surface area contributed by atoms with Gasteiger partial charge in [-0.25, -0.2) is 13.1 Å². The Balaban J connectivity index is 2.22. The van der Waals surface area contributed by atoms with Crippen LogP contribution in [0.2, 0.25) is 0 Å². The third-order valence-electron chi connectivity index (χ3n) is 4.53. The molecule has 0 radical (unpaired) electrons. The van der Waals surface area contributed by atoms with Gasteiger partial charge in [-0.2, -0.15) is 0 Å². The van der Waals surface area contributed by atoms with Crippen molar-refractivity contribution in [1.29, 1.82) is 0 Å². The number of nitrogens with one attached hydrogen (secondary N) is 1. The van der Waals surface area contributed by atoms with Gasteiger partial charge in [0.2, 0.25) is 10.0 Å². The van der Waals surface area contributed by atoms with E-state index in [0.29, 0.717) is 23.3 Å². The molecule has 0 saturated heterocycles. The van der Waals surface area contributed by atoms with Gasteiger partial charge in [-0.1, -0.05) is 26.7 Å². The Morgan fingerprint density at radius 3 is 2.67 bits per heavy atom. The maximum atomic E-state index is 12.5. The fourth-order valence-corrected chi connectivity index (χ4v) is 4.25. The number of nitrogen functional groups attached to an aromatic ring is 1. The average molecular weight is 312 g/mol. The molecule has 21 heavy (non-hydrogen) atoms. The van der Waals surface area contributed by atoms with Crippen molar-refractivity contribution in [3.05, 3.63) is 18.2 Å². The number of benzene rings is 1. The number of ether oxygens (including phenoxy) is 1. The van der Waals surface area contributed by atoms with Crippen LogP contribution < -0.4 is 15.2 Å². The predicted octanol–water partition coefficient (Wildman–Crippen LogP) is 2.38. The highest BCUT2D eigenvalue weighted by Gasteiger charge is 2.30. The molecule has 3 atom stereocenters. The van der Waals surface area contributed by atoms with Crippen molar-refractivity contribution < 1.29 is 13.2 Å². The van der Waals surface area contributed by atoms with Gasteiger partial charge in [0.1, 0.15) is 5.75 Å². The van der Waals surface area contributed by atoms with Crippen molar-refractivity contribution >= 4 is 15.7 Å². The second kappa shape index (κ2) is 6.23. The Morgan fingerprint density at radius 2 is 2.00 bits per heavy atom. The number of nitrogens with two attached hydrogens (primary N) is 1. The summed E-state index contributed by atoms with van der Waals surface area (Å²) < 4.78 is 33.0. The van der Waals surface area contributed by atoms with Crippen LogP contribution in [0.3, 0.4) is 0 Å². The summed E-state index contributed by atoms with van der Waals surface area (Å²) in [5.74, 6) is 1.25. The molecule has 0 amide bonds. The first-order valence-electron chi connectivity index (χ1n) is 7.31. The SMILES string of the molecule is COc1cc(S(=O)(=O)NC2CCCC(C)C2C)ccc1N. The molecule has 1 aliphatic carbocycles. The van der Waals surface area contributed by atoms with E-state index >= 15 is 0 Å². The number of methoxy groups -OCH3 is 1. The Hall–Kier alpha value is -1.27. The average Bonchev–Trinajstić information content (AvgIpc) is 2.44. The molecular formula is C15H24N2O3S. The standard InChI is InChI=1S/C15H24N2O3S/c1-10-5-4-6-14(11(10)2)17-21(18,19)12-7-8-13(16)15(9-12)20-3/h7-11,14,17H,4-6,16H2,1-3H3. The van der Waals surface area contributed by atoms with Crippen molar-refractivity contribution in [2.75, 3.05) is 12.8 Å². The predicted molar refractivity (Wildman–Crippen MR) is 83.7 cm³/mol. The van der Waals surface area contributed by atoms with Crippen LogP contribution in [0.25, 0.3) is 0 Å². The first-order valence-corrected chi connectivity index (χ1v) is 8.79. The minimum absolute atomic E-state index is 0.0118. The zero-order valence-corrected chi connectivity index (χ0v) is 13.6. The van der Waals surface area contributed by atoms with E-state index in [9.17, 15) is 8.42 Å². The third-order valence-corrected chi connectivity index (χ3v) is 6.02. The molecule has 2 rings (SSSR count). The van der Waals surface area contributed by atoms with Gasteiger partial charge in [0.05, 0.1) is 17.7 Å². The van der Waals surface area contributed by atoms with Crippen molar-refractivity contribution in [3.8, 4) is 5.75 Å². The molecule has 3 unspecified atom stereocenters. The van der Waals surface area contributed by atoms with E-state index in [1.54, 1.807) is 6.07 Å². The lowest BCUT2D eigenvalue weighted by Gasteiger charge is -2.34. The Bertz CT molecular complexity index is 601. The summed E-state index contributed by atoms with van der Waals surface area (Å²) in [6.07, 6.45) is 3.11. The summed E-state index contributed by atoms with van der Waals surface area (Å²) in [5.41, 5.74) is 6.15. The lowest BCUT2D eigenvalue weighted by molar-refractivity contribution is 0.227. The fraction of sp³-hybridized carbons (Fsp3) is 0.600. The van der Waals surface area contributed by atoms with Crippen molar-refractivity contribution in [2.45, 2.75) is 44.0 Å². The molecular weight excluding hydrogens is 288 g/mol. The smallest absolute Gasteiger partial charge is 0.240 e. The summed E-state index contributed by atoms with van der Waals surface area (Å²) in [4.78, 5) is 0.193. The summed E-state index contributed by atoms with van der Waals surface area (Å²) in [5, 5.41) is 0. The van der Waals surface area contributed by atoms with E-state index in [4.69, 9.17) is 10.5 Å². The monoisotopic (exact) mass is 312 g/mol. The number of sulfonamides is 1. The number of anilines is 1. The van der Waals surface area contributed by atoms with Crippen LogP contribution in [0.5, 0.6) is 5.75 Å². The van der Waals surface area contributed by atoms with Crippen LogP contribution in [-0.4, -0.2) is 21.6 Å². The molecule has 0 spiro atoms. The molecule has 1 aromatic rings. The highest BCUT2D eigenvalue weighted by Crippen LogP contribution is 2.31. The molecule has 1 fully saturated rings. The highest BCUT2D eigenvalue weighted by atomic mass is 32.2. The molecule has 3 N–H and O–H groups in total. The van der Waals surface area contributed by atoms with E-state index in [-0.39, 0.29) is 10.9 Å². The Labute approximate surface area is 126 Å². The minimum atomic E-state index is -3.55. The zero-order chi connectivity index (χ0) is 15.6. The molecule has 0 heterocycles. The Morgan fingerprint density at radius 1 is 1.29 bits per heavy atom. The largest absolute Gasteiger partial charge is 0.495 e. The van der Waals surface area contributed by atoms with Crippen molar-refractivity contribution in [3.63, 3.8) is 0 Å². The van der Waals surface area contributed by atoms with Gasteiger partial charge in [0.25, 0.3) is 0 Å². The fourth-order valence-electron chi connectivity index (χ4n) is 2.87. The number of rotatable bonds is 4. The zero-order valence-electron chi connectivity index (χ0n) is 12.8. The van der Waals surface area contributed by atoms with Crippen LogP contribution in [0.4, 0.5) is 5.69 Å². The normalized spacial score (nSPS) is 26.5. The maximum absolute atomic E-state index is 12.5. The van der Waals surface area contributed by atoms with E-state index in [0.717, 1.165) is 19.3 Å². The topological polar surface area (TPSA) is 81.4 Å². The van der Waals surface area contributed by atoms with Gasteiger partial charge in [0, 0.05) is 12.1 Å². The molecule has 0 bridgehead atoms. The summed E-state index contributed by atoms with van der Waals surface area (Å²) in [6, 6.07) is 4.52. The van der Waals surface area contributed by atoms with Crippen LogP contribution >= 0.6 is 0 Å². The molecule has 1 aromatic carbocycles. The molecule has 0 aliphatic heterocycles. The van der Waals surface area contributed by atoms with E-state index < -0.39 is 10.0 Å². The lowest BCUT2D eigenvalue weighted by atomic mass is 9.78. The third kappa shape index (κ3) is 3.49. The van der Waals surface area contributed by atoms with Crippen molar-refractivity contribution in [2.24, 2.45) is 11.8 Å². The molecule has 0 aromatic heterocycles. The number of hydrogen-bond donors (Lipinski definition) is 2. The van der Waals surface area contributed by atoms with Crippen LogP contribution in [0.15, 0.2) is 23.1 Å². The van der Waals surface area contributed by atoms with E-state index in [1.165, 1.54) is 19.2 Å². The molecule has 118 valence electrons. The van der Waals surface area contributed by atoms with Gasteiger partial charge in [-0.15, -0.1) is 0 Å². The van der Waals surface area contributed by atoms with Gasteiger partial charge in [-0.05, 0) is 30.4 Å². The highest BCUT2D eigenvalue weighted by molar-refractivity contribution is 7.89. The van der Waals surface area contributed by atoms with E-state index in [2.05, 4.69) is 18.6 Å². The maximum Gasteiger partial charge on any atom is 0.240 e. The first kappa shape index (κ1) is 16.1. The van der Waals surface area contributed by atoms with Gasteiger partial charge in [0.15, 0.2) is 0 Å². The number of hydrogen-bond acceptors (Lipinski definition) is 4.